The lowest BCUT2D eigenvalue weighted by Gasteiger charge is -2.20. The van der Waals surface area contributed by atoms with Gasteiger partial charge in [-0.05, 0) is 50.5 Å². The second-order valence-electron chi connectivity index (χ2n) is 5.45. The number of nitrogens with one attached hydrogen (secondary N) is 1. The Balaban J connectivity index is 2.01. The SMILES string of the molecule is CC(O)CCN(C)c1ccc(S(=O)(=O)NC2CC2)cc1. The smallest absolute Gasteiger partial charge is 0.240 e. The van der Waals surface area contributed by atoms with Gasteiger partial charge in [-0.3, -0.25) is 0 Å². The molecule has 0 aromatic heterocycles. The third-order valence-corrected chi connectivity index (χ3v) is 4.91. The van der Waals surface area contributed by atoms with Crippen LogP contribution in [0.5, 0.6) is 0 Å². The summed E-state index contributed by atoms with van der Waals surface area (Å²) in [6.45, 7) is 2.48. The van der Waals surface area contributed by atoms with Crippen LogP contribution in [0, 0.1) is 0 Å². The van der Waals surface area contributed by atoms with E-state index in [9.17, 15) is 13.5 Å². The summed E-state index contributed by atoms with van der Waals surface area (Å²) in [5.41, 5.74) is 0.941. The molecule has 0 heterocycles. The van der Waals surface area contributed by atoms with Crippen molar-refractivity contribution in [3.8, 4) is 0 Å². The zero-order valence-corrected chi connectivity index (χ0v) is 12.7. The number of aliphatic hydroxyl groups is 1. The highest BCUT2D eigenvalue weighted by Gasteiger charge is 2.27. The van der Waals surface area contributed by atoms with Crippen molar-refractivity contribution in [1.82, 2.24) is 4.72 Å². The molecule has 1 aliphatic rings. The first-order valence-electron chi connectivity index (χ1n) is 6.90. The molecule has 5 nitrogen and oxygen atoms in total. The van der Waals surface area contributed by atoms with Gasteiger partial charge in [-0.25, -0.2) is 13.1 Å². The second kappa shape index (κ2) is 6.11. The fourth-order valence-electron chi connectivity index (χ4n) is 1.88. The van der Waals surface area contributed by atoms with Crippen LogP contribution in [0.15, 0.2) is 29.2 Å². The molecule has 0 bridgehead atoms. The number of hydrogen-bond donors (Lipinski definition) is 2. The molecule has 1 aromatic rings. The summed E-state index contributed by atoms with van der Waals surface area (Å²) in [6, 6.07) is 6.96. The van der Waals surface area contributed by atoms with E-state index in [1.807, 2.05) is 11.9 Å². The topological polar surface area (TPSA) is 69.6 Å². The Hall–Kier alpha value is -1.11. The molecule has 20 heavy (non-hydrogen) atoms. The number of rotatable bonds is 7. The Morgan fingerprint density at radius 3 is 2.45 bits per heavy atom. The first-order valence-corrected chi connectivity index (χ1v) is 8.38. The number of hydrogen-bond acceptors (Lipinski definition) is 4. The van der Waals surface area contributed by atoms with E-state index >= 15 is 0 Å². The molecule has 2 N–H and O–H groups in total. The second-order valence-corrected chi connectivity index (χ2v) is 7.16. The number of anilines is 1. The Morgan fingerprint density at radius 2 is 1.95 bits per heavy atom. The summed E-state index contributed by atoms with van der Waals surface area (Å²) >= 11 is 0. The lowest BCUT2D eigenvalue weighted by atomic mass is 10.2. The molecular formula is C14H22N2O3S. The van der Waals surface area contributed by atoms with Crippen molar-refractivity contribution in [3.63, 3.8) is 0 Å². The van der Waals surface area contributed by atoms with E-state index in [0.717, 1.165) is 25.1 Å². The average Bonchev–Trinajstić information content (AvgIpc) is 3.19. The molecule has 1 fully saturated rings. The van der Waals surface area contributed by atoms with Gasteiger partial charge in [-0.2, -0.15) is 0 Å². The normalized spacial score (nSPS) is 16.9. The van der Waals surface area contributed by atoms with Crippen molar-refractivity contribution >= 4 is 15.7 Å². The van der Waals surface area contributed by atoms with E-state index in [1.165, 1.54) is 0 Å². The summed E-state index contributed by atoms with van der Waals surface area (Å²) < 4.78 is 26.7. The van der Waals surface area contributed by atoms with E-state index in [4.69, 9.17) is 0 Å². The lowest BCUT2D eigenvalue weighted by molar-refractivity contribution is 0.187. The summed E-state index contributed by atoms with van der Waals surface area (Å²) in [5.74, 6) is 0. The van der Waals surface area contributed by atoms with Gasteiger partial charge in [0.25, 0.3) is 0 Å². The van der Waals surface area contributed by atoms with Crippen LogP contribution >= 0.6 is 0 Å². The van der Waals surface area contributed by atoms with Gasteiger partial charge in [0.1, 0.15) is 0 Å². The lowest BCUT2D eigenvalue weighted by Crippen LogP contribution is -2.26. The zero-order valence-electron chi connectivity index (χ0n) is 11.9. The summed E-state index contributed by atoms with van der Waals surface area (Å²) in [5, 5.41) is 9.27. The number of aliphatic hydroxyl groups excluding tert-OH is 1. The van der Waals surface area contributed by atoms with Gasteiger partial charge in [-0.1, -0.05) is 0 Å². The van der Waals surface area contributed by atoms with Crippen LogP contribution in [-0.2, 0) is 10.0 Å². The molecule has 2 rings (SSSR count). The molecule has 1 saturated carbocycles. The molecule has 0 aliphatic heterocycles. The van der Waals surface area contributed by atoms with Gasteiger partial charge in [0.15, 0.2) is 0 Å². The molecule has 0 spiro atoms. The van der Waals surface area contributed by atoms with Crippen molar-refractivity contribution in [2.24, 2.45) is 0 Å². The standard InChI is InChI=1S/C14H22N2O3S/c1-11(17)9-10-16(2)13-5-7-14(8-6-13)20(18,19)15-12-3-4-12/h5-8,11-12,15,17H,3-4,9-10H2,1-2H3. The maximum Gasteiger partial charge on any atom is 0.240 e. The van der Waals surface area contributed by atoms with Crippen LogP contribution in [0.3, 0.4) is 0 Å². The van der Waals surface area contributed by atoms with Crippen molar-refractivity contribution in [3.05, 3.63) is 24.3 Å². The Kier molecular flexibility index (Phi) is 4.67. The molecule has 1 aromatic carbocycles. The van der Waals surface area contributed by atoms with Crippen LogP contribution in [0.2, 0.25) is 0 Å². The minimum atomic E-state index is -3.37. The Morgan fingerprint density at radius 1 is 1.35 bits per heavy atom. The summed E-state index contributed by atoms with van der Waals surface area (Å²) in [7, 11) is -1.45. The molecule has 0 amide bonds. The maximum atomic E-state index is 12.0. The Labute approximate surface area is 120 Å². The third kappa shape index (κ3) is 4.19. The van der Waals surface area contributed by atoms with Crippen LogP contribution < -0.4 is 9.62 Å². The molecule has 1 aliphatic carbocycles. The Bertz CT molecular complexity index is 536. The van der Waals surface area contributed by atoms with E-state index in [0.29, 0.717) is 11.3 Å². The third-order valence-electron chi connectivity index (χ3n) is 3.37. The van der Waals surface area contributed by atoms with Gasteiger partial charge < -0.3 is 10.0 Å². The van der Waals surface area contributed by atoms with Gasteiger partial charge in [0, 0.05) is 25.3 Å². The van der Waals surface area contributed by atoms with Crippen LogP contribution in [-0.4, -0.2) is 39.3 Å². The highest BCUT2D eigenvalue weighted by atomic mass is 32.2. The van der Waals surface area contributed by atoms with Crippen molar-refractivity contribution in [1.29, 1.82) is 0 Å². The van der Waals surface area contributed by atoms with E-state index in [2.05, 4.69) is 4.72 Å². The van der Waals surface area contributed by atoms with Gasteiger partial charge in [0.05, 0.1) is 11.0 Å². The molecule has 6 heteroatoms. The van der Waals surface area contributed by atoms with Gasteiger partial charge >= 0.3 is 0 Å². The highest BCUT2D eigenvalue weighted by Crippen LogP contribution is 2.23. The molecule has 0 radical (unpaired) electrons. The maximum absolute atomic E-state index is 12.0. The van der Waals surface area contributed by atoms with Crippen molar-refractivity contribution in [2.75, 3.05) is 18.5 Å². The molecule has 1 unspecified atom stereocenters. The molecular weight excluding hydrogens is 276 g/mol. The fourth-order valence-corrected chi connectivity index (χ4v) is 3.18. The van der Waals surface area contributed by atoms with Gasteiger partial charge in [0.2, 0.25) is 10.0 Å². The van der Waals surface area contributed by atoms with E-state index < -0.39 is 10.0 Å². The monoisotopic (exact) mass is 298 g/mol. The molecule has 112 valence electrons. The number of sulfonamides is 1. The minimum Gasteiger partial charge on any atom is -0.393 e. The van der Waals surface area contributed by atoms with Crippen molar-refractivity contribution in [2.45, 2.75) is 43.2 Å². The number of benzene rings is 1. The first kappa shape index (κ1) is 15.3. The zero-order chi connectivity index (χ0) is 14.8. The predicted molar refractivity (Wildman–Crippen MR) is 79.4 cm³/mol. The fraction of sp³-hybridized carbons (Fsp3) is 0.571. The highest BCUT2D eigenvalue weighted by molar-refractivity contribution is 7.89. The average molecular weight is 298 g/mol. The van der Waals surface area contributed by atoms with E-state index in [1.54, 1.807) is 31.2 Å². The first-order chi connectivity index (χ1) is 9.38. The minimum absolute atomic E-state index is 0.119. The van der Waals surface area contributed by atoms with Gasteiger partial charge in [-0.15, -0.1) is 0 Å². The summed E-state index contributed by atoms with van der Waals surface area (Å²) in [4.78, 5) is 2.30. The largest absolute Gasteiger partial charge is 0.393 e. The van der Waals surface area contributed by atoms with Crippen LogP contribution in [0.25, 0.3) is 0 Å². The predicted octanol–water partition coefficient (Wildman–Crippen LogP) is 1.33. The quantitative estimate of drug-likeness (QED) is 0.797. The molecule has 1 atom stereocenters. The van der Waals surface area contributed by atoms with Crippen LogP contribution in [0.1, 0.15) is 26.2 Å². The number of nitrogens with zero attached hydrogens (tertiary/aromatic N) is 1. The van der Waals surface area contributed by atoms with Crippen molar-refractivity contribution < 1.29 is 13.5 Å². The van der Waals surface area contributed by atoms with Crippen LogP contribution in [0.4, 0.5) is 5.69 Å². The summed E-state index contributed by atoms with van der Waals surface area (Å²) in [6.07, 6.45) is 2.21. The van der Waals surface area contributed by atoms with E-state index in [-0.39, 0.29) is 12.1 Å². The molecule has 0 saturated heterocycles.